The van der Waals surface area contributed by atoms with Crippen molar-refractivity contribution in [2.45, 2.75) is 38.8 Å². The van der Waals surface area contributed by atoms with E-state index in [-0.39, 0.29) is 17.5 Å². The van der Waals surface area contributed by atoms with E-state index in [0.29, 0.717) is 6.04 Å². The molecule has 0 saturated carbocycles. The first-order chi connectivity index (χ1) is 8.52. The second-order valence-corrected chi connectivity index (χ2v) is 7.45. The number of hydrogen-bond donors (Lipinski definition) is 1. The molecule has 1 aliphatic rings. The van der Waals surface area contributed by atoms with Gasteiger partial charge in [0.1, 0.15) is 0 Å². The Labute approximate surface area is 110 Å². The van der Waals surface area contributed by atoms with Crippen LogP contribution < -0.4 is 5.32 Å². The third kappa shape index (κ3) is 3.12. The molecule has 2 atom stereocenters. The molecule has 18 heavy (non-hydrogen) atoms. The summed E-state index contributed by atoms with van der Waals surface area (Å²) in [5.74, 6) is 0.447. The second-order valence-electron chi connectivity index (χ2n) is 5.06. The fraction of sp³-hybridized carbons (Fsp3) is 0.571. The Kier molecular flexibility index (Phi) is 4.07. The van der Waals surface area contributed by atoms with Crippen molar-refractivity contribution in [3.05, 3.63) is 35.4 Å². The van der Waals surface area contributed by atoms with E-state index in [0.717, 1.165) is 12.8 Å². The molecule has 4 heteroatoms. The summed E-state index contributed by atoms with van der Waals surface area (Å²) in [5.41, 5.74) is 2.72. The van der Waals surface area contributed by atoms with Crippen LogP contribution in [0, 0.1) is 0 Å². The number of benzene rings is 1. The summed E-state index contributed by atoms with van der Waals surface area (Å²) < 4.78 is 23.2. The molecule has 0 saturated heterocycles. The van der Waals surface area contributed by atoms with Crippen LogP contribution in [-0.4, -0.2) is 26.0 Å². The SMILES string of the molecule is CCS(=O)(=O)CC(C)NC1CCc2ccccc21. The van der Waals surface area contributed by atoms with Crippen molar-refractivity contribution in [1.82, 2.24) is 5.32 Å². The fourth-order valence-electron chi connectivity index (χ4n) is 2.62. The molecule has 0 amide bonds. The van der Waals surface area contributed by atoms with Crippen molar-refractivity contribution in [3.8, 4) is 0 Å². The Balaban J connectivity index is 2.00. The molecule has 1 aromatic carbocycles. The van der Waals surface area contributed by atoms with Gasteiger partial charge in [-0.15, -0.1) is 0 Å². The summed E-state index contributed by atoms with van der Waals surface area (Å²) >= 11 is 0. The lowest BCUT2D eigenvalue weighted by molar-refractivity contribution is 0.472. The van der Waals surface area contributed by atoms with E-state index in [4.69, 9.17) is 0 Å². The Hall–Kier alpha value is -0.870. The molecule has 1 N–H and O–H groups in total. The van der Waals surface area contributed by atoms with Crippen molar-refractivity contribution in [2.24, 2.45) is 0 Å². The van der Waals surface area contributed by atoms with E-state index in [1.165, 1.54) is 11.1 Å². The topological polar surface area (TPSA) is 46.2 Å². The maximum atomic E-state index is 11.6. The molecule has 2 unspecified atom stereocenters. The number of nitrogens with one attached hydrogen (secondary N) is 1. The summed E-state index contributed by atoms with van der Waals surface area (Å²) in [6.07, 6.45) is 2.15. The predicted octanol–water partition coefficient (Wildman–Crippen LogP) is 2.09. The lowest BCUT2D eigenvalue weighted by atomic mass is 10.1. The number of sulfone groups is 1. The third-order valence-corrected chi connectivity index (χ3v) is 5.45. The van der Waals surface area contributed by atoms with Gasteiger partial charge in [-0.3, -0.25) is 0 Å². The Morgan fingerprint density at radius 1 is 1.39 bits per heavy atom. The molecule has 0 aliphatic heterocycles. The van der Waals surface area contributed by atoms with E-state index in [1.54, 1.807) is 6.92 Å². The van der Waals surface area contributed by atoms with Gasteiger partial charge in [0.25, 0.3) is 0 Å². The standard InChI is InChI=1S/C14H21NO2S/c1-3-18(16,17)10-11(2)15-14-9-8-12-6-4-5-7-13(12)14/h4-7,11,14-15H,3,8-10H2,1-2H3. The van der Waals surface area contributed by atoms with Crippen LogP contribution in [0.15, 0.2) is 24.3 Å². The van der Waals surface area contributed by atoms with Gasteiger partial charge in [-0.25, -0.2) is 8.42 Å². The molecule has 0 fully saturated rings. The fourth-order valence-corrected chi connectivity index (χ4v) is 3.71. The van der Waals surface area contributed by atoms with Crippen molar-refractivity contribution >= 4 is 9.84 Å². The first-order valence-electron chi connectivity index (χ1n) is 6.56. The van der Waals surface area contributed by atoms with Crippen molar-refractivity contribution in [2.75, 3.05) is 11.5 Å². The highest BCUT2D eigenvalue weighted by Crippen LogP contribution is 2.30. The minimum absolute atomic E-state index is 0.00565. The molecular weight excluding hydrogens is 246 g/mol. The summed E-state index contributed by atoms with van der Waals surface area (Å²) in [5, 5.41) is 3.45. The number of hydrogen-bond acceptors (Lipinski definition) is 3. The molecule has 0 aromatic heterocycles. The second kappa shape index (κ2) is 5.41. The molecular formula is C14H21NO2S. The zero-order valence-corrected chi connectivity index (χ0v) is 11.8. The Morgan fingerprint density at radius 2 is 2.11 bits per heavy atom. The molecule has 1 aliphatic carbocycles. The Bertz CT molecular complexity index is 510. The summed E-state index contributed by atoms with van der Waals surface area (Å²) in [6.45, 7) is 3.65. The molecule has 2 rings (SSSR count). The molecule has 0 heterocycles. The normalized spacial score (nSPS) is 20.7. The minimum Gasteiger partial charge on any atom is -0.306 e. The highest BCUT2D eigenvalue weighted by atomic mass is 32.2. The lowest BCUT2D eigenvalue weighted by Gasteiger charge is -2.20. The highest BCUT2D eigenvalue weighted by molar-refractivity contribution is 7.91. The zero-order chi connectivity index (χ0) is 13.2. The van der Waals surface area contributed by atoms with Crippen LogP contribution in [-0.2, 0) is 16.3 Å². The van der Waals surface area contributed by atoms with Crippen LogP contribution in [0.5, 0.6) is 0 Å². The molecule has 100 valence electrons. The molecule has 0 radical (unpaired) electrons. The van der Waals surface area contributed by atoms with Crippen LogP contribution >= 0.6 is 0 Å². The summed E-state index contributed by atoms with van der Waals surface area (Å²) in [4.78, 5) is 0. The van der Waals surface area contributed by atoms with E-state index in [9.17, 15) is 8.42 Å². The number of rotatable bonds is 5. The van der Waals surface area contributed by atoms with Crippen LogP contribution in [0.25, 0.3) is 0 Å². The largest absolute Gasteiger partial charge is 0.306 e. The van der Waals surface area contributed by atoms with Crippen molar-refractivity contribution in [3.63, 3.8) is 0 Å². The number of fused-ring (bicyclic) bond motifs is 1. The van der Waals surface area contributed by atoms with Gasteiger partial charge in [-0.05, 0) is 30.9 Å². The monoisotopic (exact) mass is 267 g/mol. The smallest absolute Gasteiger partial charge is 0.151 e. The quantitative estimate of drug-likeness (QED) is 0.888. The van der Waals surface area contributed by atoms with E-state index in [2.05, 4.69) is 23.5 Å². The molecule has 0 bridgehead atoms. The van der Waals surface area contributed by atoms with Crippen molar-refractivity contribution in [1.29, 1.82) is 0 Å². The Morgan fingerprint density at radius 3 is 2.83 bits per heavy atom. The molecule has 0 spiro atoms. The van der Waals surface area contributed by atoms with Gasteiger partial charge in [0.05, 0.1) is 5.75 Å². The first-order valence-corrected chi connectivity index (χ1v) is 8.38. The van der Waals surface area contributed by atoms with Crippen LogP contribution in [0.4, 0.5) is 0 Å². The summed E-state index contributed by atoms with van der Waals surface area (Å²) in [7, 11) is -2.90. The van der Waals surface area contributed by atoms with E-state index >= 15 is 0 Å². The third-order valence-electron chi connectivity index (χ3n) is 3.56. The van der Waals surface area contributed by atoms with Gasteiger partial charge >= 0.3 is 0 Å². The average molecular weight is 267 g/mol. The van der Waals surface area contributed by atoms with Gasteiger partial charge in [-0.1, -0.05) is 31.2 Å². The van der Waals surface area contributed by atoms with E-state index in [1.807, 2.05) is 13.0 Å². The predicted molar refractivity (Wildman–Crippen MR) is 74.4 cm³/mol. The van der Waals surface area contributed by atoms with Gasteiger partial charge in [0.15, 0.2) is 9.84 Å². The van der Waals surface area contributed by atoms with E-state index < -0.39 is 9.84 Å². The van der Waals surface area contributed by atoms with Crippen molar-refractivity contribution < 1.29 is 8.42 Å². The van der Waals surface area contributed by atoms with Crippen LogP contribution in [0.2, 0.25) is 0 Å². The average Bonchev–Trinajstić information content (AvgIpc) is 2.72. The minimum atomic E-state index is -2.90. The van der Waals surface area contributed by atoms with Gasteiger partial charge in [-0.2, -0.15) is 0 Å². The van der Waals surface area contributed by atoms with Gasteiger partial charge in [0, 0.05) is 17.8 Å². The summed E-state index contributed by atoms with van der Waals surface area (Å²) in [6, 6.07) is 8.72. The molecule has 1 aromatic rings. The van der Waals surface area contributed by atoms with Crippen LogP contribution in [0.1, 0.15) is 37.4 Å². The maximum Gasteiger partial charge on any atom is 0.151 e. The van der Waals surface area contributed by atoms with Gasteiger partial charge < -0.3 is 5.32 Å². The zero-order valence-electron chi connectivity index (χ0n) is 11.0. The first kappa shape index (κ1) is 13.6. The molecule has 3 nitrogen and oxygen atoms in total. The number of aryl methyl sites for hydroxylation is 1. The highest BCUT2D eigenvalue weighted by Gasteiger charge is 2.24. The maximum absolute atomic E-state index is 11.6. The lowest BCUT2D eigenvalue weighted by Crippen LogP contribution is -2.35. The van der Waals surface area contributed by atoms with Gasteiger partial charge in [0.2, 0.25) is 0 Å². The van der Waals surface area contributed by atoms with Crippen LogP contribution in [0.3, 0.4) is 0 Å².